The molecular formula is C54H46N6. The molecule has 292 valence electrons. The van der Waals surface area contributed by atoms with E-state index in [4.69, 9.17) is 19.9 Å². The number of benzene rings is 4. The molecule has 0 amide bonds. The molecule has 4 aromatic carbocycles. The van der Waals surface area contributed by atoms with Crippen molar-refractivity contribution in [2.24, 2.45) is 0 Å². The van der Waals surface area contributed by atoms with Gasteiger partial charge in [-0.1, -0.05) is 113 Å². The number of allylic oxidation sites excluding steroid dienone is 4. The van der Waals surface area contributed by atoms with Crippen LogP contribution in [0.15, 0.2) is 188 Å². The van der Waals surface area contributed by atoms with Gasteiger partial charge in [-0.25, -0.2) is 4.98 Å². The number of fused-ring (bicyclic) bond motifs is 6. The molecule has 6 heteroatoms. The van der Waals surface area contributed by atoms with Crippen LogP contribution in [0.4, 0.5) is 0 Å². The Balaban J connectivity index is 0.00000112. The molecule has 0 aliphatic heterocycles. The van der Waals surface area contributed by atoms with E-state index in [0.717, 1.165) is 101 Å². The fourth-order valence-electron chi connectivity index (χ4n) is 8.30. The van der Waals surface area contributed by atoms with Crippen LogP contribution in [0.1, 0.15) is 45.7 Å². The van der Waals surface area contributed by atoms with E-state index >= 15 is 0 Å². The number of hydrogen-bond donors (Lipinski definition) is 0. The maximum absolute atomic E-state index is 5.12. The highest BCUT2D eigenvalue weighted by atomic mass is 15.0. The molecule has 6 heterocycles. The van der Waals surface area contributed by atoms with Gasteiger partial charge in [-0.2, -0.15) is 0 Å². The fraction of sp³-hybridized carbons (Fsp3) is 0.111. The lowest BCUT2D eigenvalue weighted by Gasteiger charge is -2.14. The molecule has 1 aliphatic rings. The molecule has 60 heavy (non-hydrogen) atoms. The molecule has 1 aliphatic carbocycles. The molecule has 0 saturated carbocycles. The Bertz CT molecular complexity index is 3190. The predicted octanol–water partition coefficient (Wildman–Crippen LogP) is 14.1. The van der Waals surface area contributed by atoms with Gasteiger partial charge in [0.1, 0.15) is 0 Å². The molecule has 6 aromatic heterocycles. The average molecular weight is 779 g/mol. The second-order valence-corrected chi connectivity index (χ2v) is 14.3. The smallest absolute Gasteiger partial charge is 0.0963 e. The lowest BCUT2D eigenvalue weighted by Crippen LogP contribution is -2.00. The zero-order valence-corrected chi connectivity index (χ0v) is 34.4. The monoisotopic (exact) mass is 778 g/mol. The lowest BCUT2D eigenvalue weighted by atomic mass is 9.96. The van der Waals surface area contributed by atoms with Crippen LogP contribution in [0.25, 0.3) is 89.0 Å². The van der Waals surface area contributed by atoms with Crippen molar-refractivity contribution in [1.82, 2.24) is 29.1 Å². The third-order valence-electron chi connectivity index (χ3n) is 10.9. The largest absolute Gasteiger partial charge is 0.308 e. The van der Waals surface area contributed by atoms with E-state index in [1.54, 1.807) is 0 Å². The van der Waals surface area contributed by atoms with Crippen LogP contribution in [-0.4, -0.2) is 29.1 Å². The maximum atomic E-state index is 5.12. The van der Waals surface area contributed by atoms with E-state index in [0.29, 0.717) is 5.92 Å². The van der Waals surface area contributed by atoms with Crippen molar-refractivity contribution in [3.63, 3.8) is 0 Å². The number of aromatic nitrogens is 6. The summed E-state index contributed by atoms with van der Waals surface area (Å²) in [5.41, 5.74) is 15.5. The summed E-state index contributed by atoms with van der Waals surface area (Å²) in [4.78, 5) is 20.0. The second-order valence-electron chi connectivity index (χ2n) is 14.3. The van der Waals surface area contributed by atoms with Gasteiger partial charge in [-0.05, 0) is 97.4 Å². The summed E-state index contributed by atoms with van der Waals surface area (Å²) >= 11 is 0. The van der Waals surface area contributed by atoms with Gasteiger partial charge in [0.25, 0.3) is 0 Å². The Kier molecular flexibility index (Phi) is 10.7. The first-order valence-corrected chi connectivity index (χ1v) is 21.0. The van der Waals surface area contributed by atoms with E-state index in [2.05, 4.69) is 155 Å². The standard InChI is InChI=1S/C50H34N6.2C2H6/c1-3-12-33(13-4-1)41-18-8-20-43(53-41)35-24-26-45-39(30-35)49-47(22-10-28-51-49)55(45)37-16-7-17-38(32-37)56-46-27-25-36(31-40(46)50-48(56)23-11-29-52-50)44-21-9-19-42(54-44)34-14-5-2-6-15-34;2*1-2/h1-14,16-32,34H,15H2;2*1-2H3. The zero-order chi connectivity index (χ0) is 41.0. The van der Waals surface area contributed by atoms with Crippen LogP contribution in [0.3, 0.4) is 0 Å². The first-order valence-electron chi connectivity index (χ1n) is 21.0. The van der Waals surface area contributed by atoms with Crippen molar-refractivity contribution < 1.29 is 0 Å². The van der Waals surface area contributed by atoms with Crippen molar-refractivity contribution in [1.29, 1.82) is 0 Å². The van der Waals surface area contributed by atoms with Crippen molar-refractivity contribution in [2.75, 3.05) is 0 Å². The number of nitrogens with zero attached hydrogens (tertiary/aromatic N) is 6. The van der Waals surface area contributed by atoms with Crippen LogP contribution < -0.4 is 0 Å². The Morgan fingerprint density at radius 3 is 1.58 bits per heavy atom. The first kappa shape index (κ1) is 38.1. The molecule has 0 radical (unpaired) electrons. The maximum Gasteiger partial charge on any atom is 0.0963 e. The van der Waals surface area contributed by atoms with Crippen molar-refractivity contribution in [2.45, 2.75) is 40.0 Å². The van der Waals surface area contributed by atoms with Gasteiger partial charge in [-0.15, -0.1) is 0 Å². The fourth-order valence-corrected chi connectivity index (χ4v) is 8.30. The Labute approximate surface area is 350 Å². The second kappa shape index (κ2) is 16.8. The summed E-state index contributed by atoms with van der Waals surface area (Å²) in [7, 11) is 0. The predicted molar refractivity (Wildman–Crippen MR) is 251 cm³/mol. The van der Waals surface area contributed by atoms with E-state index < -0.39 is 0 Å². The van der Waals surface area contributed by atoms with Gasteiger partial charge in [0.15, 0.2) is 0 Å². The highest BCUT2D eigenvalue weighted by Gasteiger charge is 2.19. The quantitative estimate of drug-likeness (QED) is 0.169. The summed E-state index contributed by atoms with van der Waals surface area (Å²) in [6.07, 6.45) is 13.4. The first-order chi connectivity index (χ1) is 29.8. The summed E-state index contributed by atoms with van der Waals surface area (Å²) in [5, 5.41) is 2.17. The number of rotatable bonds is 6. The van der Waals surface area contributed by atoms with Crippen LogP contribution in [0.2, 0.25) is 0 Å². The molecule has 1 atom stereocenters. The summed E-state index contributed by atoms with van der Waals surface area (Å²) in [5.74, 6) is 0.293. The molecule has 0 spiro atoms. The molecule has 1 unspecified atom stereocenters. The molecule has 0 saturated heterocycles. The van der Waals surface area contributed by atoms with Gasteiger partial charge in [0, 0.05) is 62.8 Å². The molecule has 6 nitrogen and oxygen atoms in total. The SMILES string of the molecule is C1=CCC(c2cccc(-c3ccc4c(c3)c3ncccc3n4-c3cccc(-n4c5ccc(-c6cccc(-c7ccccc7)n6)cc5c5ncccc54)c3)n2)C=C1.CC.CC. The van der Waals surface area contributed by atoms with E-state index in [1.165, 1.54) is 0 Å². The van der Waals surface area contributed by atoms with Gasteiger partial charge < -0.3 is 9.13 Å². The molecular weight excluding hydrogens is 733 g/mol. The number of pyridine rings is 4. The molecule has 0 bridgehead atoms. The van der Waals surface area contributed by atoms with E-state index in [-0.39, 0.29) is 0 Å². The third kappa shape index (κ3) is 6.86. The zero-order valence-electron chi connectivity index (χ0n) is 34.4. The lowest BCUT2D eigenvalue weighted by molar-refractivity contribution is 0.817. The van der Waals surface area contributed by atoms with Gasteiger partial charge in [0.05, 0.1) is 50.2 Å². The average Bonchev–Trinajstić information content (AvgIpc) is 3.86. The Morgan fingerprint density at radius 2 is 1.00 bits per heavy atom. The minimum atomic E-state index is 0.293. The molecule has 10 aromatic rings. The highest BCUT2D eigenvalue weighted by molar-refractivity contribution is 6.09. The molecule has 0 N–H and O–H groups in total. The van der Waals surface area contributed by atoms with Crippen LogP contribution >= 0.6 is 0 Å². The minimum Gasteiger partial charge on any atom is -0.308 e. The normalized spacial score (nSPS) is 13.3. The number of hydrogen-bond acceptors (Lipinski definition) is 4. The van der Waals surface area contributed by atoms with Crippen molar-refractivity contribution in [3.05, 3.63) is 194 Å². The Hall–Kier alpha value is -7.44. The summed E-state index contributed by atoms with van der Waals surface area (Å²) < 4.78 is 4.64. The topological polar surface area (TPSA) is 61.4 Å². The highest BCUT2D eigenvalue weighted by Crippen LogP contribution is 2.37. The van der Waals surface area contributed by atoms with Gasteiger partial charge in [-0.3, -0.25) is 15.0 Å². The molecule has 11 rings (SSSR count). The third-order valence-corrected chi connectivity index (χ3v) is 10.9. The van der Waals surface area contributed by atoms with E-state index in [9.17, 15) is 0 Å². The van der Waals surface area contributed by atoms with Crippen LogP contribution in [0.5, 0.6) is 0 Å². The Morgan fingerprint density at radius 1 is 0.450 bits per heavy atom. The van der Waals surface area contributed by atoms with Crippen molar-refractivity contribution >= 4 is 43.9 Å². The van der Waals surface area contributed by atoms with Crippen LogP contribution in [0, 0.1) is 0 Å². The minimum absolute atomic E-state index is 0.293. The van der Waals surface area contributed by atoms with Crippen molar-refractivity contribution in [3.8, 4) is 45.1 Å². The van der Waals surface area contributed by atoms with Gasteiger partial charge in [0.2, 0.25) is 0 Å². The molecule has 0 fully saturated rings. The summed E-state index contributed by atoms with van der Waals surface area (Å²) in [6, 6.07) is 53.2. The van der Waals surface area contributed by atoms with E-state index in [1.807, 2.05) is 70.4 Å². The van der Waals surface area contributed by atoms with Gasteiger partial charge >= 0.3 is 0 Å². The summed E-state index contributed by atoms with van der Waals surface area (Å²) in [6.45, 7) is 8.00. The van der Waals surface area contributed by atoms with Crippen LogP contribution in [-0.2, 0) is 0 Å².